The van der Waals surface area contributed by atoms with Crippen molar-refractivity contribution in [3.63, 3.8) is 0 Å². The molecule has 0 bridgehead atoms. The number of piperidine rings is 1. The van der Waals surface area contributed by atoms with E-state index in [2.05, 4.69) is 6.92 Å². The molecule has 1 atom stereocenters. The van der Waals surface area contributed by atoms with E-state index in [1.807, 2.05) is 6.07 Å². The lowest BCUT2D eigenvalue weighted by Gasteiger charge is -2.31. The second kappa shape index (κ2) is 6.74. The van der Waals surface area contributed by atoms with Gasteiger partial charge in [0.1, 0.15) is 5.92 Å². The summed E-state index contributed by atoms with van der Waals surface area (Å²) < 4.78 is 0. The average Bonchev–Trinajstić information content (AvgIpc) is 2.99. The molecule has 0 aromatic carbocycles. The van der Waals surface area contributed by atoms with Gasteiger partial charge in [0.15, 0.2) is 0 Å². The van der Waals surface area contributed by atoms with E-state index in [-0.39, 0.29) is 18.2 Å². The molecule has 2 saturated heterocycles. The number of amides is 2. The second-order valence-electron chi connectivity index (χ2n) is 5.98. The van der Waals surface area contributed by atoms with Gasteiger partial charge in [0, 0.05) is 26.2 Å². The second-order valence-corrected chi connectivity index (χ2v) is 5.98. The third-order valence-corrected chi connectivity index (χ3v) is 4.39. The smallest absolute Gasteiger partial charge is 0.240 e. The van der Waals surface area contributed by atoms with Crippen LogP contribution in [-0.2, 0) is 9.59 Å². The summed E-state index contributed by atoms with van der Waals surface area (Å²) in [5, 5.41) is 9.20. The first-order valence-electron chi connectivity index (χ1n) is 7.58. The molecule has 5 heteroatoms. The van der Waals surface area contributed by atoms with Crippen molar-refractivity contribution in [2.45, 2.75) is 39.0 Å². The highest BCUT2D eigenvalue weighted by molar-refractivity contribution is 5.87. The zero-order valence-corrected chi connectivity index (χ0v) is 12.2. The number of nitriles is 1. The van der Waals surface area contributed by atoms with E-state index in [0.717, 1.165) is 51.9 Å². The topological polar surface area (TPSA) is 64.4 Å². The van der Waals surface area contributed by atoms with E-state index in [0.29, 0.717) is 5.92 Å². The molecule has 110 valence electrons. The fraction of sp³-hybridized carbons (Fsp3) is 0.800. The van der Waals surface area contributed by atoms with Crippen molar-refractivity contribution in [1.82, 2.24) is 9.80 Å². The van der Waals surface area contributed by atoms with Crippen LogP contribution in [0.2, 0.25) is 0 Å². The number of hydrogen-bond acceptors (Lipinski definition) is 3. The summed E-state index contributed by atoms with van der Waals surface area (Å²) >= 11 is 0. The Morgan fingerprint density at radius 1 is 1.15 bits per heavy atom. The quantitative estimate of drug-likeness (QED) is 0.783. The van der Waals surface area contributed by atoms with Gasteiger partial charge >= 0.3 is 0 Å². The number of likely N-dealkylation sites (tertiary alicyclic amines) is 2. The summed E-state index contributed by atoms with van der Waals surface area (Å²) in [6.45, 7) is 5.16. The summed E-state index contributed by atoms with van der Waals surface area (Å²) in [5.41, 5.74) is 0. The van der Waals surface area contributed by atoms with Gasteiger partial charge in [-0.05, 0) is 31.6 Å². The predicted molar refractivity (Wildman–Crippen MR) is 74.5 cm³/mol. The lowest BCUT2D eigenvalue weighted by atomic mass is 9.97. The van der Waals surface area contributed by atoms with E-state index < -0.39 is 5.92 Å². The van der Waals surface area contributed by atoms with Crippen LogP contribution < -0.4 is 0 Å². The standard InChI is InChI=1S/C15H23N3O2/c1-12-4-8-18(9-5-12)15(20)13(11-16)10-14(19)17-6-2-3-7-17/h12-13H,2-10H2,1H3. The Morgan fingerprint density at radius 3 is 2.30 bits per heavy atom. The van der Waals surface area contributed by atoms with Crippen LogP contribution in [-0.4, -0.2) is 47.8 Å². The molecule has 2 aliphatic rings. The molecule has 2 fully saturated rings. The first-order valence-corrected chi connectivity index (χ1v) is 7.58. The molecule has 1 unspecified atom stereocenters. The van der Waals surface area contributed by atoms with Gasteiger partial charge in [-0.15, -0.1) is 0 Å². The van der Waals surface area contributed by atoms with Crippen LogP contribution in [0, 0.1) is 23.2 Å². The Morgan fingerprint density at radius 2 is 1.75 bits per heavy atom. The van der Waals surface area contributed by atoms with Crippen LogP contribution in [0.5, 0.6) is 0 Å². The van der Waals surface area contributed by atoms with E-state index in [1.165, 1.54) is 0 Å². The normalized spacial score (nSPS) is 21.6. The molecule has 2 heterocycles. The minimum Gasteiger partial charge on any atom is -0.343 e. The summed E-state index contributed by atoms with van der Waals surface area (Å²) in [6, 6.07) is 2.03. The van der Waals surface area contributed by atoms with Crippen LogP contribution >= 0.6 is 0 Å². The fourth-order valence-electron chi connectivity index (χ4n) is 2.91. The highest BCUT2D eigenvalue weighted by Gasteiger charge is 2.30. The van der Waals surface area contributed by atoms with Crippen molar-refractivity contribution in [1.29, 1.82) is 5.26 Å². The number of nitrogens with zero attached hydrogens (tertiary/aromatic N) is 3. The molecule has 5 nitrogen and oxygen atoms in total. The van der Waals surface area contributed by atoms with Crippen LogP contribution in [0.15, 0.2) is 0 Å². The molecule has 0 saturated carbocycles. The number of carbonyl (C=O) groups is 2. The zero-order valence-electron chi connectivity index (χ0n) is 12.2. The molecule has 0 N–H and O–H groups in total. The minimum atomic E-state index is -0.809. The van der Waals surface area contributed by atoms with Gasteiger partial charge in [-0.1, -0.05) is 6.92 Å². The highest BCUT2D eigenvalue weighted by Crippen LogP contribution is 2.20. The maximum Gasteiger partial charge on any atom is 0.240 e. The molecule has 0 radical (unpaired) electrons. The number of rotatable bonds is 3. The molecule has 2 rings (SSSR count). The summed E-state index contributed by atoms with van der Waals surface area (Å²) in [6.07, 6.45) is 4.08. The molecule has 20 heavy (non-hydrogen) atoms. The molecule has 2 amide bonds. The molecule has 0 aromatic heterocycles. The average molecular weight is 277 g/mol. The first-order chi connectivity index (χ1) is 9.61. The lowest BCUT2D eigenvalue weighted by molar-refractivity contribution is -0.140. The molecule has 0 aromatic rings. The lowest BCUT2D eigenvalue weighted by Crippen LogP contribution is -2.42. The summed E-state index contributed by atoms with van der Waals surface area (Å²) in [7, 11) is 0. The Hall–Kier alpha value is -1.57. The van der Waals surface area contributed by atoms with Crippen molar-refractivity contribution in [2.24, 2.45) is 11.8 Å². The van der Waals surface area contributed by atoms with Gasteiger partial charge in [-0.2, -0.15) is 5.26 Å². The van der Waals surface area contributed by atoms with Gasteiger partial charge in [0.2, 0.25) is 11.8 Å². The van der Waals surface area contributed by atoms with E-state index in [4.69, 9.17) is 0 Å². The van der Waals surface area contributed by atoms with Gasteiger partial charge in [0.25, 0.3) is 0 Å². The molecule has 0 aliphatic carbocycles. The van der Waals surface area contributed by atoms with E-state index in [9.17, 15) is 14.9 Å². The van der Waals surface area contributed by atoms with Crippen molar-refractivity contribution in [3.8, 4) is 6.07 Å². The van der Waals surface area contributed by atoms with Gasteiger partial charge < -0.3 is 9.80 Å². The Labute approximate surface area is 120 Å². The Balaban J connectivity index is 1.89. The largest absolute Gasteiger partial charge is 0.343 e. The maximum absolute atomic E-state index is 12.3. The maximum atomic E-state index is 12.3. The van der Waals surface area contributed by atoms with Crippen molar-refractivity contribution in [3.05, 3.63) is 0 Å². The van der Waals surface area contributed by atoms with E-state index in [1.54, 1.807) is 9.80 Å². The number of carbonyl (C=O) groups excluding carboxylic acids is 2. The number of hydrogen-bond donors (Lipinski definition) is 0. The molecule has 2 aliphatic heterocycles. The molecule has 0 spiro atoms. The first kappa shape index (κ1) is 14.8. The van der Waals surface area contributed by atoms with Gasteiger partial charge in [-0.25, -0.2) is 0 Å². The predicted octanol–water partition coefficient (Wildman–Crippen LogP) is 1.40. The van der Waals surface area contributed by atoms with Gasteiger partial charge in [-0.3, -0.25) is 9.59 Å². The summed E-state index contributed by atoms with van der Waals surface area (Å²) in [4.78, 5) is 27.9. The van der Waals surface area contributed by atoms with E-state index >= 15 is 0 Å². The SMILES string of the molecule is CC1CCN(C(=O)C(C#N)CC(=O)N2CCCC2)CC1. The monoisotopic (exact) mass is 277 g/mol. The van der Waals surface area contributed by atoms with Crippen molar-refractivity contribution >= 4 is 11.8 Å². The highest BCUT2D eigenvalue weighted by atomic mass is 16.2. The Kier molecular flexibility index (Phi) is 4.99. The van der Waals surface area contributed by atoms with Crippen molar-refractivity contribution in [2.75, 3.05) is 26.2 Å². The third kappa shape index (κ3) is 3.50. The van der Waals surface area contributed by atoms with Crippen molar-refractivity contribution < 1.29 is 9.59 Å². The fourth-order valence-corrected chi connectivity index (χ4v) is 2.91. The Bertz CT molecular complexity index is 402. The molecular weight excluding hydrogens is 254 g/mol. The van der Waals surface area contributed by atoms with Crippen LogP contribution in [0.3, 0.4) is 0 Å². The van der Waals surface area contributed by atoms with Crippen LogP contribution in [0.4, 0.5) is 0 Å². The molecular formula is C15H23N3O2. The third-order valence-electron chi connectivity index (χ3n) is 4.39. The van der Waals surface area contributed by atoms with Gasteiger partial charge in [0.05, 0.1) is 12.5 Å². The van der Waals surface area contributed by atoms with Crippen LogP contribution in [0.25, 0.3) is 0 Å². The van der Waals surface area contributed by atoms with Crippen LogP contribution in [0.1, 0.15) is 39.0 Å². The minimum absolute atomic E-state index is 0.0430. The summed E-state index contributed by atoms with van der Waals surface area (Å²) in [5.74, 6) is -0.373. The zero-order chi connectivity index (χ0) is 14.5.